The highest BCUT2D eigenvalue weighted by Crippen LogP contribution is 2.26. The van der Waals surface area contributed by atoms with Crippen LogP contribution in [-0.4, -0.2) is 29.0 Å². The number of likely N-dealkylation sites (tertiary alicyclic amines) is 1. The zero-order chi connectivity index (χ0) is 18.7. The van der Waals surface area contributed by atoms with Crippen molar-refractivity contribution in [3.8, 4) is 0 Å². The van der Waals surface area contributed by atoms with Gasteiger partial charge in [-0.25, -0.2) is 0 Å². The summed E-state index contributed by atoms with van der Waals surface area (Å²) in [4.78, 5) is 13.3. The minimum absolute atomic E-state index is 0.153. The lowest BCUT2D eigenvalue weighted by atomic mass is 9.99. The van der Waals surface area contributed by atoms with Gasteiger partial charge in [-0.15, -0.1) is 0 Å². The van der Waals surface area contributed by atoms with Crippen molar-refractivity contribution in [2.45, 2.75) is 46.2 Å². The molecule has 0 atom stereocenters. The van der Waals surface area contributed by atoms with Gasteiger partial charge in [-0.3, -0.25) is 15.0 Å². The van der Waals surface area contributed by atoms with Crippen LogP contribution in [0.1, 0.15) is 35.1 Å². The van der Waals surface area contributed by atoms with Crippen molar-refractivity contribution in [1.82, 2.24) is 4.90 Å². The topological polar surface area (TPSA) is 58.4 Å². The molecule has 1 aliphatic heterocycles. The van der Waals surface area contributed by atoms with Crippen molar-refractivity contribution in [2.75, 3.05) is 18.4 Å². The Bertz CT molecular complexity index is 796. The summed E-state index contributed by atoms with van der Waals surface area (Å²) >= 11 is 0. The third-order valence-corrected chi connectivity index (χ3v) is 5.39. The first kappa shape index (κ1) is 18.4. The lowest BCUT2D eigenvalue weighted by Gasteiger charge is -2.33. The first-order valence-corrected chi connectivity index (χ1v) is 9.23. The summed E-state index contributed by atoms with van der Waals surface area (Å²) in [5.74, 6) is 0. The molecular weight excluding hydrogens is 326 g/mol. The minimum atomic E-state index is -0.319. The predicted octanol–water partition coefficient (Wildman–Crippen LogP) is 4.60. The highest BCUT2D eigenvalue weighted by Gasteiger charge is 2.22. The van der Waals surface area contributed by atoms with Crippen molar-refractivity contribution in [1.29, 1.82) is 0 Å². The summed E-state index contributed by atoms with van der Waals surface area (Å²) in [5.41, 5.74) is 6.23. The van der Waals surface area contributed by atoms with E-state index in [0.29, 0.717) is 5.69 Å². The van der Waals surface area contributed by atoms with Gasteiger partial charge in [0.2, 0.25) is 0 Å². The van der Waals surface area contributed by atoms with Crippen LogP contribution >= 0.6 is 0 Å². The van der Waals surface area contributed by atoms with Crippen molar-refractivity contribution < 1.29 is 4.92 Å². The van der Waals surface area contributed by atoms with Crippen molar-refractivity contribution in [3.63, 3.8) is 0 Å². The third-order valence-electron chi connectivity index (χ3n) is 5.39. The molecule has 0 radical (unpaired) electrons. The molecule has 138 valence electrons. The fourth-order valence-electron chi connectivity index (χ4n) is 3.64. The maximum atomic E-state index is 11.2. The number of nitro benzene ring substituents is 1. The Hall–Kier alpha value is -2.40. The lowest BCUT2D eigenvalue weighted by Crippen LogP contribution is -2.38. The predicted molar refractivity (Wildman–Crippen MR) is 106 cm³/mol. The standard InChI is InChI=1S/C21H27N3O2/c1-15-12-17(3)18(13-16(15)2)14-23-10-8-19(9-11-23)22-20-6-4-5-7-21(20)24(25)26/h4-7,12-13,19,22H,8-11,14H2,1-3H3. The van der Waals surface area contributed by atoms with Crippen LogP contribution in [0.4, 0.5) is 11.4 Å². The van der Waals surface area contributed by atoms with E-state index in [2.05, 4.69) is 43.1 Å². The van der Waals surface area contributed by atoms with Gasteiger partial charge in [-0.05, 0) is 61.9 Å². The van der Waals surface area contributed by atoms with Crippen LogP contribution < -0.4 is 5.32 Å². The normalized spacial score (nSPS) is 15.8. The van der Waals surface area contributed by atoms with Crippen LogP contribution in [0.5, 0.6) is 0 Å². The van der Waals surface area contributed by atoms with Gasteiger partial charge in [0.25, 0.3) is 5.69 Å². The molecule has 0 bridgehead atoms. The Balaban J connectivity index is 1.58. The molecule has 0 spiro atoms. The smallest absolute Gasteiger partial charge is 0.292 e. The Morgan fingerprint density at radius 3 is 2.42 bits per heavy atom. The zero-order valence-corrected chi connectivity index (χ0v) is 15.8. The molecular formula is C21H27N3O2. The summed E-state index contributed by atoms with van der Waals surface area (Å²) < 4.78 is 0. The second kappa shape index (κ2) is 7.87. The van der Waals surface area contributed by atoms with Crippen LogP contribution in [0.15, 0.2) is 36.4 Å². The first-order valence-electron chi connectivity index (χ1n) is 9.23. The maximum absolute atomic E-state index is 11.2. The molecule has 1 heterocycles. The van der Waals surface area contributed by atoms with Crippen molar-refractivity contribution in [2.24, 2.45) is 0 Å². The van der Waals surface area contributed by atoms with Crippen LogP contribution in [0.3, 0.4) is 0 Å². The molecule has 3 rings (SSSR count). The number of nitrogens with zero attached hydrogens (tertiary/aromatic N) is 2. The van der Waals surface area contributed by atoms with Gasteiger partial charge in [0.1, 0.15) is 5.69 Å². The van der Waals surface area contributed by atoms with E-state index in [1.54, 1.807) is 18.2 Å². The Labute approximate surface area is 155 Å². The zero-order valence-electron chi connectivity index (χ0n) is 15.8. The largest absolute Gasteiger partial charge is 0.377 e. The van der Waals surface area contributed by atoms with E-state index in [9.17, 15) is 10.1 Å². The minimum Gasteiger partial charge on any atom is -0.377 e. The number of hydrogen-bond acceptors (Lipinski definition) is 4. The van der Waals surface area contributed by atoms with E-state index < -0.39 is 0 Å². The summed E-state index contributed by atoms with van der Waals surface area (Å²) in [6.07, 6.45) is 1.99. The number of para-hydroxylation sites is 2. The number of nitrogens with one attached hydrogen (secondary N) is 1. The van der Waals surface area contributed by atoms with E-state index in [1.807, 2.05) is 6.07 Å². The molecule has 1 aliphatic rings. The average Bonchev–Trinajstić information content (AvgIpc) is 2.61. The number of nitro groups is 1. The molecule has 2 aromatic carbocycles. The second-order valence-electron chi connectivity index (χ2n) is 7.33. The number of anilines is 1. The van der Waals surface area contributed by atoms with Crippen molar-refractivity contribution in [3.05, 3.63) is 68.8 Å². The maximum Gasteiger partial charge on any atom is 0.292 e. The van der Waals surface area contributed by atoms with Gasteiger partial charge in [0.05, 0.1) is 4.92 Å². The molecule has 1 saturated heterocycles. The third kappa shape index (κ3) is 4.22. The Kier molecular flexibility index (Phi) is 5.57. The van der Waals surface area contributed by atoms with E-state index in [-0.39, 0.29) is 16.7 Å². The Morgan fingerprint density at radius 1 is 1.08 bits per heavy atom. The van der Waals surface area contributed by atoms with Crippen molar-refractivity contribution >= 4 is 11.4 Å². The molecule has 0 unspecified atom stereocenters. The number of hydrogen-bond donors (Lipinski definition) is 1. The number of rotatable bonds is 5. The fourth-order valence-corrected chi connectivity index (χ4v) is 3.64. The molecule has 5 heteroatoms. The summed E-state index contributed by atoms with van der Waals surface area (Å²) in [7, 11) is 0. The molecule has 0 saturated carbocycles. The number of piperidine rings is 1. The second-order valence-corrected chi connectivity index (χ2v) is 7.33. The number of benzene rings is 2. The highest BCUT2D eigenvalue weighted by molar-refractivity contribution is 5.61. The molecule has 5 nitrogen and oxygen atoms in total. The lowest BCUT2D eigenvalue weighted by molar-refractivity contribution is -0.384. The molecule has 0 aromatic heterocycles. The van der Waals surface area contributed by atoms with Crippen LogP contribution in [0.2, 0.25) is 0 Å². The molecule has 26 heavy (non-hydrogen) atoms. The summed E-state index contributed by atoms with van der Waals surface area (Å²) in [6.45, 7) is 9.50. The summed E-state index contributed by atoms with van der Waals surface area (Å²) in [5, 5.41) is 14.5. The van der Waals surface area contributed by atoms with Gasteiger partial charge in [0.15, 0.2) is 0 Å². The van der Waals surface area contributed by atoms with E-state index >= 15 is 0 Å². The quantitative estimate of drug-likeness (QED) is 0.630. The molecule has 0 amide bonds. The van der Waals surface area contributed by atoms with Crippen LogP contribution in [-0.2, 0) is 6.54 Å². The van der Waals surface area contributed by atoms with E-state index in [1.165, 1.54) is 22.3 Å². The van der Waals surface area contributed by atoms with Gasteiger partial charge < -0.3 is 5.32 Å². The van der Waals surface area contributed by atoms with Gasteiger partial charge in [0, 0.05) is 31.7 Å². The molecule has 0 aliphatic carbocycles. The van der Waals surface area contributed by atoms with Gasteiger partial charge >= 0.3 is 0 Å². The van der Waals surface area contributed by atoms with E-state index in [4.69, 9.17) is 0 Å². The number of aryl methyl sites for hydroxylation is 3. The van der Waals surface area contributed by atoms with E-state index in [0.717, 1.165) is 32.5 Å². The molecule has 2 aromatic rings. The fraction of sp³-hybridized carbons (Fsp3) is 0.429. The van der Waals surface area contributed by atoms with Gasteiger partial charge in [-0.1, -0.05) is 24.3 Å². The summed E-state index contributed by atoms with van der Waals surface area (Å²) in [6, 6.07) is 11.8. The highest BCUT2D eigenvalue weighted by atomic mass is 16.6. The van der Waals surface area contributed by atoms with Gasteiger partial charge in [-0.2, -0.15) is 0 Å². The molecule has 1 N–H and O–H groups in total. The van der Waals surface area contributed by atoms with Crippen LogP contribution in [0, 0.1) is 30.9 Å². The SMILES string of the molecule is Cc1cc(C)c(CN2CCC(Nc3ccccc3[N+](=O)[O-])CC2)cc1C. The first-order chi connectivity index (χ1) is 12.4. The molecule has 1 fully saturated rings. The Morgan fingerprint density at radius 2 is 1.73 bits per heavy atom. The average molecular weight is 353 g/mol. The monoisotopic (exact) mass is 353 g/mol. The van der Waals surface area contributed by atoms with Crippen LogP contribution in [0.25, 0.3) is 0 Å².